The molecule has 2 atom stereocenters. The zero-order valence-corrected chi connectivity index (χ0v) is 11.4. The maximum absolute atomic E-state index is 6.06. The standard InChI is InChI=1S/C12H20N4OS/c13-10-8-18-7-9(10)11-14-12(15-17-11)16-5-3-1-2-4-6-16/h9-10H,1-8,13H2. The Bertz CT molecular complexity index is 389. The van der Waals surface area contributed by atoms with E-state index in [4.69, 9.17) is 10.3 Å². The van der Waals surface area contributed by atoms with E-state index >= 15 is 0 Å². The van der Waals surface area contributed by atoms with Crippen molar-refractivity contribution in [2.45, 2.75) is 37.6 Å². The fourth-order valence-electron chi connectivity index (χ4n) is 2.60. The molecule has 2 aliphatic heterocycles. The predicted molar refractivity (Wildman–Crippen MR) is 73.0 cm³/mol. The van der Waals surface area contributed by atoms with Gasteiger partial charge in [0.1, 0.15) is 0 Å². The molecule has 0 aliphatic carbocycles. The van der Waals surface area contributed by atoms with Gasteiger partial charge in [-0.1, -0.05) is 12.8 Å². The van der Waals surface area contributed by atoms with Gasteiger partial charge in [-0.05, 0) is 18.0 Å². The summed E-state index contributed by atoms with van der Waals surface area (Å²) in [4.78, 5) is 6.81. The number of thioether (sulfide) groups is 1. The van der Waals surface area contributed by atoms with Crippen LogP contribution in [0.25, 0.3) is 0 Å². The van der Waals surface area contributed by atoms with Gasteiger partial charge in [-0.15, -0.1) is 0 Å². The zero-order valence-electron chi connectivity index (χ0n) is 10.5. The van der Waals surface area contributed by atoms with Crippen LogP contribution in [0.5, 0.6) is 0 Å². The van der Waals surface area contributed by atoms with Crippen LogP contribution < -0.4 is 10.6 Å². The van der Waals surface area contributed by atoms with E-state index in [0.717, 1.165) is 36.4 Å². The highest BCUT2D eigenvalue weighted by Crippen LogP contribution is 2.31. The SMILES string of the molecule is NC1CSCC1c1nc(N2CCCCCC2)no1. The molecule has 0 aromatic carbocycles. The second kappa shape index (κ2) is 5.48. The van der Waals surface area contributed by atoms with E-state index in [0.29, 0.717) is 0 Å². The lowest BCUT2D eigenvalue weighted by molar-refractivity contribution is 0.351. The summed E-state index contributed by atoms with van der Waals surface area (Å²) in [5.74, 6) is 3.72. The molecule has 3 heterocycles. The van der Waals surface area contributed by atoms with Gasteiger partial charge in [-0.3, -0.25) is 0 Å². The lowest BCUT2D eigenvalue weighted by Crippen LogP contribution is -2.27. The van der Waals surface area contributed by atoms with Crippen molar-refractivity contribution < 1.29 is 4.52 Å². The van der Waals surface area contributed by atoms with Crippen molar-refractivity contribution in [1.29, 1.82) is 0 Å². The fourth-order valence-corrected chi connectivity index (χ4v) is 3.89. The van der Waals surface area contributed by atoms with Gasteiger partial charge in [0.15, 0.2) is 0 Å². The van der Waals surface area contributed by atoms with Crippen LogP contribution >= 0.6 is 11.8 Å². The van der Waals surface area contributed by atoms with Crippen LogP contribution in [0.15, 0.2) is 4.52 Å². The Balaban J connectivity index is 1.72. The molecule has 2 aliphatic rings. The van der Waals surface area contributed by atoms with Crippen LogP contribution in [0.4, 0.5) is 5.95 Å². The molecule has 0 bridgehead atoms. The highest BCUT2D eigenvalue weighted by Gasteiger charge is 2.31. The third kappa shape index (κ3) is 2.49. The summed E-state index contributed by atoms with van der Waals surface area (Å²) in [6, 6.07) is 0.160. The van der Waals surface area contributed by atoms with E-state index in [1.807, 2.05) is 11.8 Å². The molecule has 0 amide bonds. The highest BCUT2D eigenvalue weighted by molar-refractivity contribution is 7.99. The molecule has 0 spiro atoms. The molecule has 100 valence electrons. The summed E-state index contributed by atoms with van der Waals surface area (Å²) < 4.78 is 5.42. The lowest BCUT2D eigenvalue weighted by atomic mass is 10.1. The Morgan fingerprint density at radius 2 is 1.94 bits per heavy atom. The van der Waals surface area contributed by atoms with Gasteiger partial charge in [0.05, 0.1) is 5.92 Å². The third-order valence-corrected chi connectivity index (χ3v) is 4.98. The highest BCUT2D eigenvalue weighted by atomic mass is 32.2. The topological polar surface area (TPSA) is 68.2 Å². The van der Waals surface area contributed by atoms with Crippen molar-refractivity contribution in [2.75, 3.05) is 29.5 Å². The van der Waals surface area contributed by atoms with Gasteiger partial charge in [-0.2, -0.15) is 16.7 Å². The number of nitrogens with two attached hydrogens (primary N) is 1. The molecule has 6 heteroatoms. The minimum absolute atomic E-state index is 0.160. The molecule has 1 aromatic rings. The van der Waals surface area contributed by atoms with E-state index in [1.165, 1.54) is 25.7 Å². The number of rotatable bonds is 2. The van der Waals surface area contributed by atoms with E-state index in [1.54, 1.807) is 0 Å². The predicted octanol–water partition coefficient (Wildman–Crippen LogP) is 1.61. The number of anilines is 1. The van der Waals surface area contributed by atoms with Gasteiger partial charge in [0, 0.05) is 30.6 Å². The second-order valence-electron chi connectivity index (χ2n) is 5.14. The van der Waals surface area contributed by atoms with Crippen LogP contribution in [-0.2, 0) is 0 Å². The average Bonchev–Trinajstić information content (AvgIpc) is 2.91. The largest absolute Gasteiger partial charge is 0.338 e. The maximum Gasteiger partial charge on any atom is 0.266 e. The Hall–Kier alpha value is -0.750. The third-order valence-electron chi connectivity index (χ3n) is 3.76. The second-order valence-corrected chi connectivity index (χ2v) is 6.22. The van der Waals surface area contributed by atoms with Crippen LogP contribution in [-0.4, -0.2) is 40.8 Å². The molecule has 18 heavy (non-hydrogen) atoms. The lowest BCUT2D eigenvalue weighted by Gasteiger charge is -2.16. The van der Waals surface area contributed by atoms with Crippen molar-refractivity contribution in [1.82, 2.24) is 10.1 Å². The molecule has 0 radical (unpaired) electrons. The van der Waals surface area contributed by atoms with Gasteiger partial charge < -0.3 is 15.2 Å². The van der Waals surface area contributed by atoms with Crippen molar-refractivity contribution >= 4 is 17.7 Å². The van der Waals surface area contributed by atoms with E-state index in [2.05, 4.69) is 15.0 Å². The van der Waals surface area contributed by atoms with E-state index in [9.17, 15) is 0 Å². The van der Waals surface area contributed by atoms with Gasteiger partial charge >= 0.3 is 0 Å². The van der Waals surface area contributed by atoms with Crippen LogP contribution in [0.3, 0.4) is 0 Å². The van der Waals surface area contributed by atoms with Crippen molar-refractivity contribution in [2.24, 2.45) is 5.73 Å². The normalized spacial score (nSPS) is 29.5. The fraction of sp³-hybridized carbons (Fsp3) is 0.833. The van der Waals surface area contributed by atoms with Crippen LogP contribution in [0.2, 0.25) is 0 Å². The van der Waals surface area contributed by atoms with Gasteiger partial charge in [0.25, 0.3) is 5.95 Å². The van der Waals surface area contributed by atoms with Crippen molar-refractivity contribution in [3.8, 4) is 0 Å². The van der Waals surface area contributed by atoms with Crippen LogP contribution in [0, 0.1) is 0 Å². The molecule has 2 saturated heterocycles. The minimum atomic E-state index is 0.160. The Kier molecular flexibility index (Phi) is 3.75. The molecule has 0 saturated carbocycles. The molecular formula is C12H20N4OS. The average molecular weight is 268 g/mol. The molecule has 3 rings (SSSR count). The summed E-state index contributed by atoms with van der Waals surface area (Å²) in [5.41, 5.74) is 6.06. The van der Waals surface area contributed by atoms with E-state index in [-0.39, 0.29) is 12.0 Å². The van der Waals surface area contributed by atoms with Gasteiger partial charge in [-0.25, -0.2) is 0 Å². The molecule has 2 N–H and O–H groups in total. The number of hydrogen-bond acceptors (Lipinski definition) is 6. The number of aromatic nitrogens is 2. The van der Waals surface area contributed by atoms with Crippen molar-refractivity contribution in [3.63, 3.8) is 0 Å². The summed E-state index contributed by atoms with van der Waals surface area (Å²) in [6.45, 7) is 2.09. The van der Waals surface area contributed by atoms with Crippen molar-refractivity contribution in [3.05, 3.63) is 5.89 Å². The minimum Gasteiger partial charge on any atom is -0.338 e. The zero-order chi connectivity index (χ0) is 12.4. The molecule has 1 aromatic heterocycles. The van der Waals surface area contributed by atoms with Crippen LogP contribution in [0.1, 0.15) is 37.5 Å². The number of hydrogen-bond donors (Lipinski definition) is 1. The smallest absolute Gasteiger partial charge is 0.266 e. The molecular weight excluding hydrogens is 248 g/mol. The summed E-state index contributed by atoms with van der Waals surface area (Å²) in [5, 5.41) is 4.14. The van der Waals surface area contributed by atoms with Gasteiger partial charge in [0.2, 0.25) is 5.89 Å². The van der Waals surface area contributed by atoms with E-state index < -0.39 is 0 Å². The molecule has 5 nitrogen and oxygen atoms in total. The first-order valence-corrected chi connectivity index (χ1v) is 7.92. The number of nitrogens with zero attached hydrogens (tertiary/aromatic N) is 3. The molecule has 2 fully saturated rings. The summed E-state index contributed by atoms with van der Waals surface area (Å²) >= 11 is 1.87. The molecule has 2 unspecified atom stereocenters. The first-order chi connectivity index (χ1) is 8.84. The Morgan fingerprint density at radius 1 is 1.17 bits per heavy atom. The quantitative estimate of drug-likeness (QED) is 0.879. The Labute approximate surface area is 111 Å². The first-order valence-electron chi connectivity index (χ1n) is 6.76. The summed E-state index contributed by atoms with van der Waals surface area (Å²) in [7, 11) is 0. The maximum atomic E-state index is 6.06. The first kappa shape index (κ1) is 12.3. The summed E-state index contributed by atoms with van der Waals surface area (Å²) in [6.07, 6.45) is 5.07. The monoisotopic (exact) mass is 268 g/mol. The Morgan fingerprint density at radius 3 is 2.61 bits per heavy atom.